The molecule has 0 rings (SSSR count). The molecule has 97 heavy (non-hydrogen) atoms. The van der Waals surface area contributed by atoms with E-state index < -0.39 is 91.5 Å². The molecular weight excluding hydrogens is 1270 g/mol. The highest BCUT2D eigenvalue weighted by molar-refractivity contribution is 7.47. The Balaban J connectivity index is 4.42. The minimum absolute atomic E-state index is 0.0966. The first-order valence-corrected chi connectivity index (χ1v) is 42.2. The average Bonchev–Trinajstić information content (AvgIpc) is 1.84. The zero-order valence-corrected chi connectivity index (χ0v) is 63.5. The van der Waals surface area contributed by atoms with Gasteiger partial charge in [-0.05, 0) is 116 Å². The molecule has 5 unspecified atom stereocenters. The smallest absolute Gasteiger partial charge is 0.463 e. The maximum atomic E-state index is 12.9. The van der Waals surface area contributed by atoms with Crippen molar-refractivity contribution >= 4 is 33.6 Å². The third-order valence-electron chi connectivity index (χ3n) is 16.9. The van der Waals surface area contributed by atoms with Crippen LogP contribution in [0.1, 0.15) is 355 Å². The van der Waals surface area contributed by atoms with Crippen molar-refractivity contribution in [3.8, 4) is 0 Å². The molecule has 0 radical (unpaired) electrons. The van der Waals surface area contributed by atoms with Crippen LogP contribution < -0.4 is 0 Å². The lowest BCUT2D eigenvalue weighted by Gasteiger charge is -2.21. The third-order valence-corrected chi connectivity index (χ3v) is 18.8. The van der Waals surface area contributed by atoms with Gasteiger partial charge in [0.15, 0.2) is 6.10 Å². The minimum atomic E-state index is -4.92. The molecule has 0 aliphatic carbocycles. The number of aliphatic hydroxyl groups is 2. The molecule has 0 aromatic carbocycles. The van der Waals surface area contributed by atoms with Crippen LogP contribution in [0, 0.1) is 0 Å². The van der Waals surface area contributed by atoms with Crippen LogP contribution >= 0.6 is 15.6 Å². The molecule has 0 fully saturated rings. The quantitative estimate of drug-likeness (QED) is 0.0146. The van der Waals surface area contributed by atoms with Gasteiger partial charge >= 0.3 is 33.6 Å². The van der Waals surface area contributed by atoms with Crippen molar-refractivity contribution in [3.63, 3.8) is 0 Å². The van der Waals surface area contributed by atoms with E-state index in [1.54, 1.807) is 0 Å². The zero-order valence-electron chi connectivity index (χ0n) is 61.8. The molecule has 18 heteroatoms. The molecule has 16 nitrogen and oxygen atoms in total. The first-order chi connectivity index (χ1) is 47.2. The normalized spacial score (nSPS) is 14.4. The Hall–Kier alpha value is -3.01. The molecule has 0 aliphatic rings. The molecule has 0 saturated heterocycles. The second-order valence-electron chi connectivity index (χ2n) is 26.5. The van der Waals surface area contributed by atoms with Gasteiger partial charge in [0.1, 0.15) is 25.4 Å². The van der Waals surface area contributed by atoms with E-state index in [0.717, 1.165) is 116 Å². The highest BCUT2D eigenvalue weighted by atomic mass is 31.2. The Kier molecular flexibility index (Phi) is 70.5. The number of aliphatic hydroxyl groups excluding tert-OH is 2. The molecular formula is C79H144O16P2. The van der Waals surface area contributed by atoms with Gasteiger partial charge in [0, 0.05) is 19.3 Å². The lowest BCUT2D eigenvalue weighted by molar-refractivity contribution is -0.161. The van der Waals surface area contributed by atoms with E-state index >= 15 is 0 Å². The predicted molar refractivity (Wildman–Crippen MR) is 399 cm³/mol. The zero-order chi connectivity index (χ0) is 70.9. The van der Waals surface area contributed by atoms with E-state index in [-0.39, 0.29) is 19.3 Å². The molecule has 0 aliphatic heterocycles. The van der Waals surface area contributed by atoms with Crippen molar-refractivity contribution in [3.05, 3.63) is 72.9 Å². The van der Waals surface area contributed by atoms with Gasteiger partial charge < -0.3 is 34.2 Å². The number of ether oxygens (including phenoxy) is 3. The SMILES string of the molecule is CCCCC/C=C\C/C=C\C/C=C\C/C=C\CCCCCCCCCCCCCCCCCC(=O)OCC(O)COP(=O)(O)OCC(O)COP(=O)(O)OCC(COC(=O)CCCCCCC/C=C\CCCCCCCC)OC(=O)CCCCCCC/C=C\CCCCCCCC. The van der Waals surface area contributed by atoms with E-state index in [1.165, 1.54) is 180 Å². The topological polar surface area (TPSA) is 231 Å². The summed E-state index contributed by atoms with van der Waals surface area (Å²) in [4.78, 5) is 58.5. The molecule has 0 amide bonds. The van der Waals surface area contributed by atoms with Gasteiger partial charge in [-0.2, -0.15) is 0 Å². The van der Waals surface area contributed by atoms with Crippen LogP contribution in [-0.2, 0) is 55.8 Å². The number of rotatable bonds is 75. The lowest BCUT2D eigenvalue weighted by Crippen LogP contribution is -2.30. The maximum Gasteiger partial charge on any atom is 0.472 e. The average molecular weight is 1410 g/mol. The number of phosphoric ester groups is 2. The number of unbranched alkanes of at least 4 members (excludes halogenated alkanes) is 40. The molecule has 0 saturated carbocycles. The highest BCUT2D eigenvalue weighted by Gasteiger charge is 2.29. The lowest BCUT2D eigenvalue weighted by atomic mass is 10.0. The summed E-state index contributed by atoms with van der Waals surface area (Å²) >= 11 is 0. The van der Waals surface area contributed by atoms with Crippen LogP contribution in [0.3, 0.4) is 0 Å². The van der Waals surface area contributed by atoms with E-state index in [1.807, 2.05) is 0 Å². The second kappa shape index (κ2) is 72.8. The summed E-state index contributed by atoms with van der Waals surface area (Å²) in [5.74, 6) is -1.58. The van der Waals surface area contributed by atoms with Gasteiger partial charge in [-0.15, -0.1) is 0 Å². The molecule has 4 N–H and O–H groups in total. The highest BCUT2D eigenvalue weighted by Crippen LogP contribution is 2.45. The monoisotopic (exact) mass is 1410 g/mol. The van der Waals surface area contributed by atoms with Gasteiger partial charge in [-0.25, -0.2) is 9.13 Å². The van der Waals surface area contributed by atoms with Gasteiger partial charge in [-0.3, -0.25) is 32.5 Å². The Morgan fingerprint density at radius 2 is 0.515 bits per heavy atom. The van der Waals surface area contributed by atoms with Crippen LogP contribution in [0.2, 0.25) is 0 Å². The molecule has 0 bridgehead atoms. The summed E-state index contributed by atoms with van der Waals surface area (Å²) < 4.78 is 61.1. The number of hydrogen-bond acceptors (Lipinski definition) is 14. The fourth-order valence-corrected chi connectivity index (χ4v) is 12.4. The Morgan fingerprint density at radius 3 is 0.845 bits per heavy atom. The van der Waals surface area contributed by atoms with Crippen molar-refractivity contribution in [2.75, 3.05) is 39.6 Å². The minimum Gasteiger partial charge on any atom is -0.463 e. The maximum absolute atomic E-state index is 12.9. The first kappa shape index (κ1) is 94.0. The Morgan fingerprint density at radius 1 is 0.289 bits per heavy atom. The fraction of sp³-hybridized carbons (Fsp3) is 0.810. The van der Waals surface area contributed by atoms with E-state index in [9.17, 15) is 43.5 Å². The van der Waals surface area contributed by atoms with Crippen molar-refractivity contribution in [1.82, 2.24) is 0 Å². The van der Waals surface area contributed by atoms with Crippen LogP contribution in [0.15, 0.2) is 72.9 Å². The number of hydrogen-bond donors (Lipinski definition) is 4. The van der Waals surface area contributed by atoms with Crippen molar-refractivity contribution < 1.29 is 75.8 Å². The molecule has 5 atom stereocenters. The largest absolute Gasteiger partial charge is 0.472 e. The number of carbonyl (C=O) groups is 3. The van der Waals surface area contributed by atoms with Gasteiger partial charge in [0.05, 0.1) is 26.4 Å². The van der Waals surface area contributed by atoms with Gasteiger partial charge in [0.2, 0.25) is 0 Å². The molecule has 0 spiro atoms. The molecule has 0 aromatic heterocycles. The molecule has 566 valence electrons. The van der Waals surface area contributed by atoms with Crippen molar-refractivity contribution in [2.45, 2.75) is 373 Å². The van der Waals surface area contributed by atoms with Gasteiger partial charge in [-0.1, -0.05) is 293 Å². The number of phosphoric acid groups is 2. The van der Waals surface area contributed by atoms with Crippen LogP contribution in [0.5, 0.6) is 0 Å². The summed E-state index contributed by atoms with van der Waals surface area (Å²) in [6.45, 7) is 2.67. The molecule has 0 aromatic rings. The summed E-state index contributed by atoms with van der Waals surface area (Å²) in [5, 5.41) is 20.6. The van der Waals surface area contributed by atoms with E-state index in [0.29, 0.717) is 19.3 Å². The second-order valence-corrected chi connectivity index (χ2v) is 29.4. The summed E-state index contributed by atoms with van der Waals surface area (Å²) in [7, 11) is -9.78. The summed E-state index contributed by atoms with van der Waals surface area (Å²) in [6, 6.07) is 0. The fourth-order valence-electron chi connectivity index (χ4n) is 10.8. The number of carbonyl (C=O) groups excluding carboxylic acids is 3. The van der Waals surface area contributed by atoms with Gasteiger partial charge in [0.25, 0.3) is 0 Å². The van der Waals surface area contributed by atoms with Crippen LogP contribution in [0.4, 0.5) is 0 Å². The van der Waals surface area contributed by atoms with Crippen molar-refractivity contribution in [1.29, 1.82) is 0 Å². The first-order valence-electron chi connectivity index (χ1n) is 39.2. The third kappa shape index (κ3) is 74.0. The number of esters is 3. The number of allylic oxidation sites excluding steroid dienone is 12. The molecule has 0 heterocycles. The van der Waals surface area contributed by atoms with E-state index in [2.05, 4.69) is 93.7 Å². The van der Waals surface area contributed by atoms with E-state index in [4.69, 9.17) is 32.3 Å². The van der Waals surface area contributed by atoms with Crippen LogP contribution in [0.25, 0.3) is 0 Å². The van der Waals surface area contributed by atoms with Crippen LogP contribution in [-0.4, -0.2) is 95.9 Å². The Labute approximate surface area is 592 Å². The Bertz CT molecular complexity index is 2060. The predicted octanol–water partition coefficient (Wildman–Crippen LogP) is 22.7. The summed E-state index contributed by atoms with van der Waals surface area (Å²) in [5.41, 5.74) is 0. The van der Waals surface area contributed by atoms with Crippen molar-refractivity contribution in [2.24, 2.45) is 0 Å². The summed E-state index contributed by atoms with van der Waals surface area (Å²) in [6.07, 6.45) is 79.6. The standard InChI is InChI=1S/C79H144O16P2/c1-4-7-10-13-16-19-22-25-28-29-30-31-32-33-34-35-36-37-38-39-40-41-42-43-46-48-50-53-56-59-62-65-77(82)89-68-74(80)69-91-96(85,86)92-70-75(81)71-93-97(87,88)94-73-76(95-79(84)67-64-61-58-55-52-49-45-27-24-21-18-15-12-9-6-3)72-90-78(83)66-63-60-57-54-51-47-44-26-23-20-17-14-11-8-5-2/h16,19,25-28,30-31,33-34,44-45,74-76,80-81H,4-15,17-18,20-24,29,32,35-43,46-73H2,1-3H3,(H,85,86)(H,87,88)/b19-16-,28-25-,31-30-,34-33-,44-26-,45-27-.